The summed E-state index contributed by atoms with van der Waals surface area (Å²) < 4.78 is 32.8. The van der Waals surface area contributed by atoms with E-state index in [0.717, 1.165) is 4.90 Å². The molecule has 1 aromatic heterocycles. The van der Waals surface area contributed by atoms with Crippen LogP contribution in [0.15, 0.2) is 108 Å². The van der Waals surface area contributed by atoms with E-state index in [0.29, 0.717) is 5.75 Å². The van der Waals surface area contributed by atoms with E-state index in [1.54, 1.807) is 30.3 Å². The Morgan fingerprint density at radius 1 is 0.586 bits per heavy atom. The monoisotopic (exact) mass is 417 g/mol. The Morgan fingerprint density at radius 2 is 1.10 bits per heavy atom. The number of benzene rings is 4. The van der Waals surface area contributed by atoms with Gasteiger partial charge in [0.25, 0.3) is 0 Å². The van der Waals surface area contributed by atoms with Crippen molar-refractivity contribution in [2.75, 3.05) is 0 Å². The molecule has 29 heavy (non-hydrogen) atoms. The van der Waals surface area contributed by atoms with Gasteiger partial charge in [0.1, 0.15) is 10.6 Å². The standard InChI is InChI=1S/C24H17O3S2/c25-29(26,20-8-2-1-3-9-20)27-18-14-16-19(17-15-18)28-23-12-6-4-10-21(23)22-11-5-7-13-24(22)28/h1-17H/q+1. The second kappa shape index (κ2) is 7.03. The highest BCUT2D eigenvalue weighted by Crippen LogP contribution is 2.48. The van der Waals surface area contributed by atoms with Crippen LogP contribution in [0.1, 0.15) is 0 Å². The van der Waals surface area contributed by atoms with Crippen molar-refractivity contribution in [3.8, 4) is 10.6 Å². The van der Waals surface area contributed by atoms with Gasteiger partial charge in [-0.25, -0.2) is 0 Å². The number of fused-ring (bicyclic) bond motifs is 3. The minimum Gasteiger partial charge on any atom is -0.379 e. The van der Waals surface area contributed by atoms with E-state index in [1.165, 1.54) is 32.3 Å². The average molecular weight is 418 g/mol. The summed E-state index contributed by atoms with van der Waals surface area (Å²) in [5.41, 5.74) is 0. The Balaban J connectivity index is 1.56. The maximum Gasteiger partial charge on any atom is 0.339 e. The van der Waals surface area contributed by atoms with Crippen LogP contribution in [0.25, 0.3) is 25.1 Å². The molecule has 0 aliphatic rings. The van der Waals surface area contributed by atoms with Gasteiger partial charge in [0, 0.05) is 33.4 Å². The molecule has 0 radical (unpaired) electrons. The van der Waals surface area contributed by atoms with Crippen LogP contribution in [0.5, 0.6) is 5.75 Å². The van der Waals surface area contributed by atoms with E-state index in [4.69, 9.17) is 4.18 Å². The molecule has 0 N–H and O–H groups in total. The van der Waals surface area contributed by atoms with Crippen molar-refractivity contribution in [1.29, 1.82) is 0 Å². The fraction of sp³-hybridized carbons (Fsp3) is 0. The highest BCUT2D eigenvalue weighted by molar-refractivity contribution is 7.87. The molecule has 0 saturated carbocycles. The first kappa shape index (κ1) is 17.9. The summed E-state index contributed by atoms with van der Waals surface area (Å²) in [6.45, 7) is 0. The number of hydrogen-bond donors (Lipinski definition) is 0. The number of hydrogen-bond acceptors (Lipinski definition) is 3. The number of thiophene rings is 1. The molecule has 0 aliphatic heterocycles. The van der Waals surface area contributed by atoms with Crippen LogP contribution in [0.3, 0.4) is 0 Å². The molecule has 142 valence electrons. The van der Waals surface area contributed by atoms with Crippen LogP contribution in [0.2, 0.25) is 0 Å². The van der Waals surface area contributed by atoms with Gasteiger partial charge < -0.3 is 4.18 Å². The lowest BCUT2D eigenvalue weighted by molar-refractivity contribution is 0.486. The summed E-state index contributed by atoms with van der Waals surface area (Å²) in [6, 6.07) is 32.5. The molecule has 0 saturated heterocycles. The molecule has 3 nitrogen and oxygen atoms in total. The zero-order chi connectivity index (χ0) is 19.8. The molecular formula is C24H17O3S2+. The summed E-state index contributed by atoms with van der Waals surface area (Å²) in [5, 5.41) is 2.52. The van der Waals surface area contributed by atoms with Crippen molar-refractivity contribution in [1.82, 2.24) is 0 Å². The van der Waals surface area contributed by atoms with Crippen molar-refractivity contribution < 1.29 is 12.6 Å². The fourth-order valence-corrected chi connectivity index (χ4v) is 6.83. The third-order valence-electron chi connectivity index (χ3n) is 4.80. The van der Waals surface area contributed by atoms with E-state index in [2.05, 4.69) is 48.5 Å². The second-order valence-electron chi connectivity index (χ2n) is 6.62. The summed E-state index contributed by atoms with van der Waals surface area (Å²) in [7, 11) is -4.05. The lowest BCUT2D eigenvalue weighted by Crippen LogP contribution is -2.09. The van der Waals surface area contributed by atoms with Crippen molar-refractivity contribution in [2.24, 2.45) is 0 Å². The second-order valence-corrected chi connectivity index (χ2v) is 10.1. The van der Waals surface area contributed by atoms with Gasteiger partial charge in [0.2, 0.25) is 0 Å². The maximum absolute atomic E-state index is 12.4. The van der Waals surface area contributed by atoms with E-state index >= 15 is 0 Å². The minimum atomic E-state index is -3.84. The molecular weight excluding hydrogens is 400 g/mol. The van der Waals surface area contributed by atoms with Gasteiger partial charge in [-0.3, -0.25) is 0 Å². The summed E-state index contributed by atoms with van der Waals surface area (Å²) in [5.74, 6) is 0.307. The highest BCUT2D eigenvalue weighted by atomic mass is 32.2. The first-order valence-electron chi connectivity index (χ1n) is 9.16. The quantitative estimate of drug-likeness (QED) is 0.248. The topological polar surface area (TPSA) is 43.4 Å². The van der Waals surface area contributed by atoms with Gasteiger partial charge >= 0.3 is 10.1 Å². The molecule has 0 bridgehead atoms. The fourth-order valence-electron chi connectivity index (χ4n) is 3.50. The lowest BCUT2D eigenvalue weighted by Gasteiger charge is -2.06. The van der Waals surface area contributed by atoms with Crippen LogP contribution >= 0.6 is 10.5 Å². The van der Waals surface area contributed by atoms with Gasteiger partial charge in [-0.1, -0.05) is 42.5 Å². The van der Waals surface area contributed by atoms with Crippen molar-refractivity contribution in [3.63, 3.8) is 0 Å². The Morgan fingerprint density at radius 3 is 1.69 bits per heavy atom. The molecule has 1 heterocycles. The van der Waals surface area contributed by atoms with Crippen molar-refractivity contribution in [3.05, 3.63) is 103 Å². The van der Waals surface area contributed by atoms with Crippen LogP contribution in [-0.2, 0) is 10.1 Å². The van der Waals surface area contributed by atoms with Gasteiger partial charge in [0.05, 0.1) is 0 Å². The SMILES string of the molecule is O=S(=O)(Oc1ccc(-[s+]2c3ccccc3c3ccccc32)cc1)c1ccccc1. The summed E-state index contributed by atoms with van der Waals surface area (Å²) in [4.78, 5) is 1.27. The molecule has 0 amide bonds. The first-order valence-corrected chi connectivity index (χ1v) is 11.8. The van der Waals surface area contributed by atoms with Gasteiger partial charge in [-0.15, -0.1) is 0 Å². The van der Waals surface area contributed by atoms with E-state index in [1.807, 2.05) is 12.1 Å². The third-order valence-corrected chi connectivity index (χ3v) is 8.40. The van der Waals surface area contributed by atoms with Crippen LogP contribution < -0.4 is 4.18 Å². The Labute approximate surface area is 171 Å². The molecule has 0 aliphatic carbocycles. The molecule has 5 rings (SSSR count). The Bertz CT molecular complexity index is 1360. The maximum atomic E-state index is 12.4. The van der Waals surface area contributed by atoms with E-state index in [9.17, 15) is 8.42 Å². The Hall–Kier alpha value is -3.15. The third kappa shape index (κ3) is 3.18. The normalized spacial score (nSPS) is 11.7. The molecule has 0 atom stereocenters. The van der Waals surface area contributed by atoms with Crippen LogP contribution in [0.4, 0.5) is 0 Å². The first-order chi connectivity index (χ1) is 14.1. The minimum absolute atomic E-state index is 0.143. The zero-order valence-electron chi connectivity index (χ0n) is 15.4. The predicted octanol–water partition coefficient (Wildman–Crippen LogP) is 6.50. The molecule has 4 aromatic carbocycles. The molecule has 5 heteroatoms. The van der Waals surface area contributed by atoms with Gasteiger partial charge in [-0.2, -0.15) is 8.42 Å². The molecule has 0 spiro atoms. The van der Waals surface area contributed by atoms with E-state index in [-0.39, 0.29) is 15.4 Å². The Kier molecular flexibility index (Phi) is 4.34. The van der Waals surface area contributed by atoms with Crippen LogP contribution in [0, 0.1) is 0 Å². The smallest absolute Gasteiger partial charge is 0.339 e. The van der Waals surface area contributed by atoms with Gasteiger partial charge in [-0.05, 0) is 48.5 Å². The zero-order valence-corrected chi connectivity index (χ0v) is 17.0. The summed E-state index contributed by atoms with van der Waals surface area (Å²) in [6.07, 6.45) is 0. The van der Waals surface area contributed by atoms with Gasteiger partial charge in [0.15, 0.2) is 14.3 Å². The molecule has 0 fully saturated rings. The van der Waals surface area contributed by atoms with E-state index < -0.39 is 10.1 Å². The molecule has 0 unspecified atom stereocenters. The largest absolute Gasteiger partial charge is 0.379 e. The molecule has 5 aromatic rings. The number of rotatable bonds is 4. The highest BCUT2D eigenvalue weighted by Gasteiger charge is 2.23. The lowest BCUT2D eigenvalue weighted by atomic mass is 10.2. The van der Waals surface area contributed by atoms with Crippen molar-refractivity contribution in [2.45, 2.75) is 4.90 Å². The van der Waals surface area contributed by atoms with Crippen molar-refractivity contribution >= 4 is 40.8 Å². The average Bonchev–Trinajstić information content (AvgIpc) is 3.09. The predicted molar refractivity (Wildman–Crippen MR) is 120 cm³/mol. The summed E-state index contributed by atoms with van der Waals surface area (Å²) >= 11 is 0. The van der Waals surface area contributed by atoms with Crippen LogP contribution in [-0.4, -0.2) is 8.42 Å².